The minimum Gasteiger partial charge on any atom is -0.478 e. The van der Waals surface area contributed by atoms with Gasteiger partial charge in [-0.2, -0.15) is 0 Å². The first kappa shape index (κ1) is 15.1. The topological polar surface area (TPSA) is 101 Å². The molecule has 1 aromatic carbocycles. The van der Waals surface area contributed by atoms with Gasteiger partial charge in [0.2, 0.25) is 5.91 Å². The van der Waals surface area contributed by atoms with Crippen molar-refractivity contribution < 1.29 is 27.5 Å². The summed E-state index contributed by atoms with van der Waals surface area (Å²) in [4.78, 5) is 21.5. The predicted octanol–water partition coefficient (Wildman–Crippen LogP) is 0.434. The SMILES string of the molecule is CCNC(=O)CS(=O)(=O)c1ccc(F)c(C(=O)O)c1. The third-order valence-electron chi connectivity index (χ3n) is 2.22. The van der Waals surface area contributed by atoms with Crippen molar-refractivity contribution in [2.75, 3.05) is 12.3 Å². The van der Waals surface area contributed by atoms with Crippen LogP contribution in [0.15, 0.2) is 23.1 Å². The summed E-state index contributed by atoms with van der Waals surface area (Å²) in [5.41, 5.74) is -0.753. The van der Waals surface area contributed by atoms with Crippen LogP contribution < -0.4 is 5.32 Å². The lowest BCUT2D eigenvalue weighted by Crippen LogP contribution is -2.30. The van der Waals surface area contributed by atoms with Gasteiger partial charge in [-0.25, -0.2) is 17.6 Å². The summed E-state index contributed by atoms with van der Waals surface area (Å²) >= 11 is 0. The van der Waals surface area contributed by atoms with Crippen molar-refractivity contribution >= 4 is 21.7 Å². The van der Waals surface area contributed by atoms with Gasteiger partial charge in [0.15, 0.2) is 9.84 Å². The molecule has 0 radical (unpaired) electrons. The third-order valence-corrected chi connectivity index (χ3v) is 3.84. The molecule has 0 fully saturated rings. The highest BCUT2D eigenvalue weighted by Crippen LogP contribution is 2.16. The molecule has 0 aliphatic rings. The maximum Gasteiger partial charge on any atom is 0.338 e. The number of carboxylic acid groups (broad SMARTS) is 1. The second-order valence-electron chi connectivity index (χ2n) is 3.66. The molecular weight excluding hydrogens is 277 g/mol. The Hall–Kier alpha value is -1.96. The van der Waals surface area contributed by atoms with Gasteiger partial charge in [0.25, 0.3) is 0 Å². The van der Waals surface area contributed by atoms with Crippen molar-refractivity contribution in [2.24, 2.45) is 0 Å². The van der Waals surface area contributed by atoms with Crippen molar-refractivity contribution in [1.82, 2.24) is 5.32 Å². The van der Waals surface area contributed by atoms with Crippen molar-refractivity contribution in [3.63, 3.8) is 0 Å². The fourth-order valence-corrected chi connectivity index (χ4v) is 2.55. The molecule has 1 aromatic rings. The van der Waals surface area contributed by atoms with Crippen LogP contribution in [0, 0.1) is 5.82 Å². The molecule has 0 aliphatic heterocycles. The summed E-state index contributed by atoms with van der Waals surface area (Å²) in [7, 11) is -4.00. The van der Waals surface area contributed by atoms with Crippen LogP contribution in [0.2, 0.25) is 0 Å². The Morgan fingerprint density at radius 1 is 1.37 bits per heavy atom. The number of benzene rings is 1. The Morgan fingerprint density at radius 2 is 2.00 bits per heavy atom. The highest BCUT2D eigenvalue weighted by molar-refractivity contribution is 7.92. The molecule has 0 aliphatic carbocycles. The number of nitrogens with one attached hydrogen (secondary N) is 1. The predicted molar refractivity (Wildman–Crippen MR) is 64.1 cm³/mol. The van der Waals surface area contributed by atoms with Crippen molar-refractivity contribution in [3.8, 4) is 0 Å². The van der Waals surface area contributed by atoms with E-state index in [1.165, 1.54) is 0 Å². The van der Waals surface area contributed by atoms with Crippen LogP contribution in [0.1, 0.15) is 17.3 Å². The van der Waals surface area contributed by atoms with Crippen LogP contribution in [0.5, 0.6) is 0 Å². The van der Waals surface area contributed by atoms with E-state index in [-0.39, 0.29) is 6.54 Å². The lowest BCUT2D eigenvalue weighted by molar-refractivity contribution is -0.118. The second-order valence-corrected chi connectivity index (χ2v) is 5.65. The average molecular weight is 289 g/mol. The molecule has 0 unspecified atom stereocenters. The minimum absolute atomic E-state index is 0.276. The molecule has 1 rings (SSSR count). The summed E-state index contributed by atoms with van der Waals surface area (Å²) in [5.74, 6) is -4.13. The zero-order chi connectivity index (χ0) is 14.6. The monoisotopic (exact) mass is 289 g/mol. The Balaban J connectivity index is 3.12. The summed E-state index contributed by atoms with van der Waals surface area (Å²) in [5, 5.41) is 11.0. The zero-order valence-electron chi connectivity index (χ0n) is 10.0. The van der Waals surface area contributed by atoms with Gasteiger partial charge < -0.3 is 10.4 Å². The van der Waals surface area contributed by atoms with Gasteiger partial charge in [0.05, 0.1) is 10.5 Å². The van der Waals surface area contributed by atoms with Crippen molar-refractivity contribution in [3.05, 3.63) is 29.6 Å². The fourth-order valence-electron chi connectivity index (χ4n) is 1.37. The molecule has 0 saturated carbocycles. The third kappa shape index (κ3) is 3.75. The zero-order valence-corrected chi connectivity index (χ0v) is 10.8. The number of carbonyl (C=O) groups excluding carboxylic acids is 1. The highest BCUT2D eigenvalue weighted by Gasteiger charge is 2.22. The van der Waals surface area contributed by atoms with Gasteiger partial charge in [-0.15, -0.1) is 0 Å². The summed E-state index contributed by atoms with van der Waals surface area (Å²) < 4.78 is 36.8. The fraction of sp³-hybridized carbons (Fsp3) is 0.273. The molecule has 8 heteroatoms. The number of amides is 1. The van der Waals surface area contributed by atoms with E-state index >= 15 is 0 Å². The van der Waals surface area contributed by atoms with Crippen LogP contribution in [0.25, 0.3) is 0 Å². The largest absolute Gasteiger partial charge is 0.478 e. The molecule has 1 amide bonds. The number of carboxylic acids is 1. The van der Waals surface area contributed by atoms with Gasteiger partial charge in [-0.05, 0) is 25.1 Å². The molecule has 104 valence electrons. The number of aromatic carboxylic acids is 1. The normalized spacial score (nSPS) is 11.1. The molecule has 6 nitrogen and oxygen atoms in total. The molecule has 0 aromatic heterocycles. The Labute approximate surface area is 109 Å². The number of hydrogen-bond donors (Lipinski definition) is 2. The summed E-state index contributed by atoms with van der Waals surface area (Å²) in [6.45, 7) is 1.91. The average Bonchev–Trinajstić information content (AvgIpc) is 2.28. The molecule has 0 bridgehead atoms. The van der Waals surface area contributed by atoms with Crippen molar-refractivity contribution in [1.29, 1.82) is 0 Å². The van der Waals surface area contributed by atoms with Crippen LogP contribution in [0.4, 0.5) is 4.39 Å². The number of rotatable bonds is 5. The quantitative estimate of drug-likeness (QED) is 0.766. The first-order chi connectivity index (χ1) is 8.77. The smallest absolute Gasteiger partial charge is 0.338 e. The van der Waals surface area contributed by atoms with E-state index in [4.69, 9.17) is 5.11 Å². The van der Waals surface area contributed by atoms with Gasteiger partial charge >= 0.3 is 5.97 Å². The Morgan fingerprint density at radius 3 is 2.53 bits per heavy atom. The molecule has 0 heterocycles. The first-order valence-electron chi connectivity index (χ1n) is 5.30. The van der Waals surface area contributed by atoms with E-state index in [0.717, 1.165) is 12.1 Å². The molecule has 2 N–H and O–H groups in total. The van der Waals surface area contributed by atoms with E-state index in [1.807, 2.05) is 0 Å². The van der Waals surface area contributed by atoms with Gasteiger partial charge in [0.1, 0.15) is 11.6 Å². The van der Waals surface area contributed by atoms with E-state index in [0.29, 0.717) is 6.07 Å². The minimum atomic E-state index is -4.00. The van der Waals surface area contributed by atoms with Crippen LogP contribution >= 0.6 is 0 Å². The van der Waals surface area contributed by atoms with Crippen LogP contribution in [-0.4, -0.2) is 37.7 Å². The number of hydrogen-bond acceptors (Lipinski definition) is 4. The molecule has 0 atom stereocenters. The van der Waals surface area contributed by atoms with E-state index in [1.54, 1.807) is 6.92 Å². The van der Waals surface area contributed by atoms with Crippen LogP contribution in [-0.2, 0) is 14.6 Å². The molecular formula is C11H12FNO5S. The Bertz CT molecular complexity index is 612. The van der Waals surface area contributed by atoms with E-state index in [9.17, 15) is 22.4 Å². The second kappa shape index (κ2) is 5.79. The maximum absolute atomic E-state index is 13.1. The first-order valence-corrected chi connectivity index (χ1v) is 6.95. The molecule has 0 saturated heterocycles. The van der Waals surface area contributed by atoms with E-state index < -0.39 is 43.7 Å². The van der Waals surface area contributed by atoms with E-state index in [2.05, 4.69) is 5.32 Å². The van der Waals surface area contributed by atoms with Gasteiger partial charge in [0, 0.05) is 6.54 Å². The molecule has 19 heavy (non-hydrogen) atoms. The highest BCUT2D eigenvalue weighted by atomic mass is 32.2. The Kier molecular flexibility index (Phi) is 4.60. The summed E-state index contributed by atoms with van der Waals surface area (Å²) in [6.07, 6.45) is 0. The number of halogens is 1. The molecule has 0 spiro atoms. The van der Waals surface area contributed by atoms with Gasteiger partial charge in [-0.1, -0.05) is 0 Å². The summed E-state index contributed by atoms with van der Waals surface area (Å²) in [6, 6.07) is 2.37. The van der Waals surface area contributed by atoms with Crippen LogP contribution in [0.3, 0.4) is 0 Å². The number of carbonyl (C=O) groups is 2. The van der Waals surface area contributed by atoms with Gasteiger partial charge in [-0.3, -0.25) is 4.79 Å². The standard InChI is InChI=1S/C11H12FNO5S/c1-2-13-10(14)6-19(17,18)7-3-4-9(12)8(5-7)11(15)16/h3-5H,2,6H2,1H3,(H,13,14)(H,15,16). The van der Waals surface area contributed by atoms with Crippen molar-refractivity contribution in [2.45, 2.75) is 11.8 Å². The lowest BCUT2D eigenvalue weighted by Gasteiger charge is -2.06. The maximum atomic E-state index is 13.1. The lowest BCUT2D eigenvalue weighted by atomic mass is 10.2. The number of sulfone groups is 1.